The average molecular weight is 327 g/mol. The first kappa shape index (κ1) is 16.1. The lowest BCUT2D eigenvalue weighted by Crippen LogP contribution is -2.41. The Balaban J connectivity index is 1.96. The van der Waals surface area contributed by atoms with Crippen LogP contribution in [0.4, 0.5) is 5.69 Å². The van der Waals surface area contributed by atoms with Crippen LogP contribution in [0.3, 0.4) is 0 Å². The monoisotopic (exact) mass is 327 g/mol. The Morgan fingerprint density at radius 3 is 2.52 bits per heavy atom. The van der Waals surface area contributed by atoms with Gasteiger partial charge in [-0.15, -0.1) is 0 Å². The van der Waals surface area contributed by atoms with Gasteiger partial charge in [0, 0.05) is 37.4 Å². The van der Waals surface area contributed by atoms with E-state index >= 15 is 0 Å². The molecule has 0 amide bonds. The molecule has 120 valence electrons. The van der Waals surface area contributed by atoms with E-state index < -0.39 is 0 Å². The Kier molecular flexibility index (Phi) is 4.74. The van der Waals surface area contributed by atoms with Gasteiger partial charge in [-0.3, -0.25) is 0 Å². The maximum absolute atomic E-state index is 9.19. The van der Waals surface area contributed by atoms with Crippen LogP contribution in [0.1, 0.15) is 23.9 Å². The molecule has 1 aliphatic rings. The molecule has 2 heterocycles. The van der Waals surface area contributed by atoms with Crippen LogP contribution < -0.4 is 9.47 Å². The number of hydrogen-bond acceptors (Lipinski definition) is 3. The van der Waals surface area contributed by atoms with Crippen LogP contribution in [0.25, 0.3) is 6.08 Å². The van der Waals surface area contributed by atoms with E-state index in [0.29, 0.717) is 6.54 Å². The number of anilines is 1. The van der Waals surface area contributed by atoms with Crippen molar-refractivity contribution in [1.82, 2.24) is 0 Å². The second-order valence-corrected chi connectivity index (χ2v) is 6.81. The van der Waals surface area contributed by atoms with Gasteiger partial charge in [-0.1, -0.05) is 23.9 Å². The molecule has 1 N–H and O–H groups in total. The number of thioether (sulfide) groups is 1. The first-order valence-electron chi connectivity index (χ1n) is 8.02. The van der Waals surface area contributed by atoms with Crippen LogP contribution >= 0.6 is 11.8 Å². The highest BCUT2D eigenvalue weighted by atomic mass is 32.2. The number of pyridine rings is 1. The number of hydrogen-bond donors (Lipinski definition) is 1. The van der Waals surface area contributed by atoms with Crippen LogP contribution in [-0.4, -0.2) is 18.3 Å². The quantitative estimate of drug-likeness (QED) is 0.871. The number of fused-ring (bicyclic) bond motifs is 1. The third-order valence-corrected chi connectivity index (χ3v) is 5.28. The van der Waals surface area contributed by atoms with Crippen molar-refractivity contribution in [2.45, 2.75) is 32.2 Å². The van der Waals surface area contributed by atoms with Gasteiger partial charge in [0.05, 0.1) is 10.7 Å². The van der Waals surface area contributed by atoms with Crippen molar-refractivity contribution in [2.24, 2.45) is 0 Å². The summed E-state index contributed by atoms with van der Waals surface area (Å²) in [7, 11) is 0. The summed E-state index contributed by atoms with van der Waals surface area (Å²) in [4.78, 5) is 3.68. The van der Waals surface area contributed by atoms with Gasteiger partial charge in [-0.05, 0) is 30.7 Å². The molecule has 0 saturated carbocycles. The first-order valence-corrected chi connectivity index (χ1v) is 8.83. The normalized spacial score (nSPS) is 15.3. The van der Waals surface area contributed by atoms with Crippen molar-refractivity contribution in [3.63, 3.8) is 0 Å². The lowest BCUT2D eigenvalue weighted by molar-refractivity contribution is -0.709. The number of aliphatic hydroxyl groups excluding tert-OH is 1. The molecule has 0 atom stereocenters. The molecule has 0 unspecified atom stereocenters. The molecular weight excluding hydrogens is 304 g/mol. The average Bonchev–Trinajstić information content (AvgIpc) is 2.88. The molecule has 0 saturated heterocycles. The number of benzene rings is 1. The summed E-state index contributed by atoms with van der Waals surface area (Å²) in [6.45, 7) is 8.16. The smallest absolute Gasteiger partial charge is 0.179 e. The van der Waals surface area contributed by atoms with Crippen LogP contribution in [0.2, 0.25) is 0 Å². The van der Waals surface area contributed by atoms with Crippen molar-refractivity contribution in [1.29, 1.82) is 0 Å². The van der Waals surface area contributed by atoms with Crippen LogP contribution in [0, 0.1) is 13.8 Å². The maximum Gasteiger partial charge on any atom is 0.179 e. The number of aryl methyl sites for hydroxylation is 2. The standard InChI is InChI=1S/C19H23N2OS/c1-4-20-17-7-5-6-8-18(17)23-19(20)13-16-11-14(2)21(9-10-22)15(3)12-16/h5-8,11-13,22H,4,9-10H2,1-3H3/q+1. The molecule has 2 aromatic rings. The summed E-state index contributed by atoms with van der Waals surface area (Å²) < 4.78 is 2.15. The van der Waals surface area contributed by atoms with Crippen molar-refractivity contribution < 1.29 is 9.67 Å². The van der Waals surface area contributed by atoms with Gasteiger partial charge in [0.1, 0.15) is 6.61 Å². The number of para-hydroxylation sites is 1. The number of aromatic nitrogens is 1. The zero-order chi connectivity index (χ0) is 16.4. The Morgan fingerprint density at radius 2 is 1.87 bits per heavy atom. The predicted octanol–water partition coefficient (Wildman–Crippen LogP) is 3.51. The minimum Gasteiger partial charge on any atom is -0.390 e. The zero-order valence-electron chi connectivity index (χ0n) is 13.9. The van der Waals surface area contributed by atoms with E-state index in [0.717, 1.165) is 6.54 Å². The molecule has 3 rings (SSSR count). The van der Waals surface area contributed by atoms with E-state index in [1.54, 1.807) is 0 Å². The molecule has 1 aromatic heterocycles. The van der Waals surface area contributed by atoms with Gasteiger partial charge >= 0.3 is 0 Å². The largest absolute Gasteiger partial charge is 0.390 e. The summed E-state index contributed by atoms with van der Waals surface area (Å²) in [5.41, 5.74) is 4.86. The van der Waals surface area contributed by atoms with E-state index in [1.807, 2.05) is 11.8 Å². The fourth-order valence-electron chi connectivity index (χ4n) is 3.12. The SMILES string of the molecule is CCN1/C(=C/c2cc(C)[n+](CCO)c(C)c2)Sc2ccccc21. The lowest BCUT2D eigenvalue weighted by Gasteiger charge is -2.18. The zero-order valence-corrected chi connectivity index (χ0v) is 14.7. The van der Waals surface area contributed by atoms with Gasteiger partial charge in [-0.25, -0.2) is 0 Å². The van der Waals surface area contributed by atoms with Gasteiger partial charge < -0.3 is 10.0 Å². The third kappa shape index (κ3) is 3.14. The number of nitrogens with zero attached hydrogens (tertiary/aromatic N) is 2. The summed E-state index contributed by atoms with van der Waals surface area (Å²) in [6, 6.07) is 12.9. The molecule has 4 heteroatoms. The van der Waals surface area contributed by atoms with Crippen LogP contribution in [0.15, 0.2) is 46.3 Å². The minimum absolute atomic E-state index is 0.168. The lowest BCUT2D eigenvalue weighted by atomic mass is 10.1. The molecule has 1 aliphatic heterocycles. The molecular formula is C19H23N2OS+. The Bertz CT molecular complexity index is 732. The molecule has 1 aromatic carbocycles. The highest BCUT2D eigenvalue weighted by molar-refractivity contribution is 8.03. The fourth-order valence-corrected chi connectivity index (χ4v) is 4.31. The van der Waals surface area contributed by atoms with Gasteiger partial charge in [0.2, 0.25) is 0 Å². The predicted molar refractivity (Wildman–Crippen MR) is 96.5 cm³/mol. The summed E-state index contributed by atoms with van der Waals surface area (Å²) in [5.74, 6) is 0. The third-order valence-electron chi connectivity index (χ3n) is 4.17. The molecule has 3 nitrogen and oxygen atoms in total. The van der Waals surface area contributed by atoms with Crippen LogP contribution in [-0.2, 0) is 6.54 Å². The van der Waals surface area contributed by atoms with Gasteiger partial charge in [0.25, 0.3) is 0 Å². The molecule has 0 radical (unpaired) electrons. The van der Waals surface area contributed by atoms with E-state index in [-0.39, 0.29) is 6.61 Å². The second-order valence-electron chi connectivity index (χ2n) is 5.74. The molecule has 0 fully saturated rings. The molecule has 0 spiro atoms. The van der Waals surface area contributed by atoms with E-state index in [9.17, 15) is 5.11 Å². The van der Waals surface area contributed by atoms with Crippen LogP contribution in [0.5, 0.6) is 0 Å². The molecule has 0 bridgehead atoms. The van der Waals surface area contributed by atoms with E-state index in [2.05, 4.69) is 72.7 Å². The number of rotatable bonds is 4. The van der Waals surface area contributed by atoms with E-state index in [1.165, 1.54) is 32.6 Å². The fraction of sp³-hybridized carbons (Fsp3) is 0.316. The van der Waals surface area contributed by atoms with Gasteiger partial charge in [0.15, 0.2) is 17.9 Å². The Labute approximate surface area is 142 Å². The Morgan fingerprint density at radius 1 is 1.17 bits per heavy atom. The highest BCUT2D eigenvalue weighted by Crippen LogP contribution is 2.46. The van der Waals surface area contributed by atoms with Crippen molar-refractivity contribution >= 4 is 23.5 Å². The second kappa shape index (κ2) is 6.77. The minimum atomic E-state index is 0.168. The first-order chi connectivity index (χ1) is 11.1. The molecule has 23 heavy (non-hydrogen) atoms. The summed E-state index contributed by atoms with van der Waals surface area (Å²) in [6.07, 6.45) is 2.26. The van der Waals surface area contributed by atoms with Crippen molar-refractivity contribution in [3.05, 3.63) is 58.4 Å². The summed E-state index contributed by atoms with van der Waals surface area (Å²) in [5, 5.41) is 10.5. The van der Waals surface area contributed by atoms with E-state index in [4.69, 9.17) is 0 Å². The van der Waals surface area contributed by atoms with Crippen molar-refractivity contribution in [3.8, 4) is 0 Å². The Hall–Kier alpha value is -1.78. The topological polar surface area (TPSA) is 27.4 Å². The van der Waals surface area contributed by atoms with Gasteiger partial charge in [-0.2, -0.15) is 4.57 Å². The number of aliphatic hydroxyl groups is 1. The highest BCUT2D eigenvalue weighted by Gasteiger charge is 2.23. The van der Waals surface area contributed by atoms with Crippen molar-refractivity contribution in [2.75, 3.05) is 18.1 Å². The molecule has 0 aliphatic carbocycles. The summed E-state index contributed by atoms with van der Waals surface area (Å²) >= 11 is 1.83. The maximum atomic E-state index is 9.19.